The number of pyridine rings is 1. The summed E-state index contributed by atoms with van der Waals surface area (Å²) in [6.07, 6.45) is 5.03. The number of hydrogen-bond donors (Lipinski definition) is 2. The number of aliphatic imine (C=N–C) groups is 1. The molecule has 0 radical (unpaired) electrons. The van der Waals surface area contributed by atoms with Crippen molar-refractivity contribution in [1.82, 2.24) is 14.5 Å². The van der Waals surface area contributed by atoms with Gasteiger partial charge in [-0.2, -0.15) is 0 Å². The number of H-pyrrole nitrogens is 1. The van der Waals surface area contributed by atoms with Crippen LogP contribution in [0.15, 0.2) is 28.1 Å². The van der Waals surface area contributed by atoms with Gasteiger partial charge in [0, 0.05) is 24.0 Å². The SMILES string of the molecule is CC(C)n1c(O)c(C=C2C=Nc3cccnc32)[nH]c1=O. The molecule has 3 heterocycles. The Morgan fingerprint density at radius 2 is 2.25 bits per heavy atom. The average molecular weight is 270 g/mol. The van der Waals surface area contributed by atoms with Gasteiger partial charge in [-0.25, -0.2) is 4.79 Å². The first kappa shape index (κ1) is 12.4. The van der Waals surface area contributed by atoms with E-state index >= 15 is 0 Å². The van der Waals surface area contributed by atoms with Crippen molar-refractivity contribution in [3.63, 3.8) is 0 Å². The zero-order valence-electron chi connectivity index (χ0n) is 11.2. The second-order valence-corrected chi connectivity index (χ2v) is 4.86. The Labute approximate surface area is 115 Å². The molecule has 0 unspecified atom stereocenters. The number of nitrogens with one attached hydrogen (secondary N) is 1. The standard InChI is InChI=1S/C14H14N4O2/c1-8(2)18-13(19)11(17-14(18)20)6-9-7-16-10-4-3-5-15-12(9)10/h3-8,19H,1-2H3,(H,17,20). The molecule has 2 aromatic rings. The molecule has 20 heavy (non-hydrogen) atoms. The van der Waals surface area contributed by atoms with Crippen molar-refractivity contribution in [3.8, 4) is 5.88 Å². The fraction of sp³-hybridized carbons (Fsp3) is 0.214. The lowest BCUT2D eigenvalue weighted by Crippen LogP contribution is -2.18. The maximum absolute atomic E-state index is 11.8. The van der Waals surface area contributed by atoms with Crippen LogP contribution in [0.1, 0.15) is 31.3 Å². The van der Waals surface area contributed by atoms with Crippen LogP contribution in [-0.2, 0) is 0 Å². The topological polar surface area (TPSA) is 83.3 Å². The number of imidazole rings is 1. The fourth-order valence-electron chi connectivity index (χ4n) is 2.22. The van der Waals surface area contributed by atoms with E-state index < -0.39 is 0 Å². The number of nitrogens with zero attached hydrogens (tertiary/aromatic N) is 3. The zero-order valence-corrected chi connectivity index (χ0v) is 11.2. The number of aromatic amines is 1. The van der Waals surface area contributed by atoms with Gasteiger partial charge in [0.1, 0.15) is 5.69 Å². The van der Waals surface area contributed by atoms with Crippen molar-refractivity contribution in [1.29, 1.82) is 0 Å². The van der Waals surface area contributed by atoms with E-state index in [0.29, 0.717) is 5.69 Å². The first-order chi connectivity index (χ1) is 9.58. The molecule has 0 amide bonds. The van der Waals surface area contributed by atoms with Gasteiger partial charge in [0.25, 0.3) is 0 Å². The highest BCUT2D eigenvalue weighted by molar-refractivity contribution is 6.20. The maximum atomic E-state index is 11.8. The van der Waals surface area contributed by atoms with Gasteiger partial charge in [0.05, 0.1) is 11.4 Å². The van der Waals surface area contributed by atoms with Crippen molar-refractivity contribution < 1.29 is 5.11 Å². The molecule has 6 heteroatoms. The van der Waals surface area contributed by atoms with Crippen molar-refractivity contribution in [3.05, 3.63) is 40.2 Å². The van der Waals surface area contributed by atoms with E-state index in [-0.39, 0.29) is 17.6 Å². The highest BCUT2D eigenvalue weighted by Crippen LogP contribution is 2.31. The molecular formula is C14H14N4O2. The molecule has 0 fully saturated rings. The highest BCUT2D eigenvalue weighted by Gasteiger charge is 2.17. The van der Waals surface area contributed by atoms with Crippen LogP contribution in [0.3, 0.4) is 0 Å². The number of hydrogen-bond acceptors (Lipinski definition) is 4. The highest BCUT2D eigenvalue weighted by atomic mass is 16.3. The minimum atomic E-state index is -0.333. The van der Waals surface area contributed by atoms with Gasteiger partial charge in [-0.3, -0.25) is 14.5 Å². The van der Waals surface area contributed by atoms with E-state index in [2.05, 4.69) is 15.0 Å². The normalized spacial score (nSPS) is 15.2. The molecule has 102 valence electrons. The molecule has 0 aromatic carbocycles. The van der Waals surface area contributed by atoms with E-state index in [1.165, 1.54) is 4.57 Å². The molecule has 0 aliphatic carbocycles. The van der Waals surface area contributed by atoms with Crippen LogP contribution in [0.4, 0.5) is 5.69 Å². The van der Waals surface area contributed by atoms with Gasteiger partial charge < -0.3 is 10.1 Å². The largest absolute Gasteiger partial charge is 0.493 e. The molecule has 0 saturated carbocycles. The molecule has 0 saturated heterocycles. The van der Waals surface area contributed by atoms with Crippen LogP contribution in [-0.4, -0.2) is 25.9 Å². The lowest BCUT2D eigenvalue weighted by molar-refractivity contribution is 0.395. The third-order valence-electron chi connectivity index (χ3n) is 3.15. The summed E-state index contributed by atoms with van der Waals surface area (Å²) < 4.78 is 1.30. The molecule has 0 atom stereocenters. The average Bonchev–Trinajstić information content (AvgIpc) is 2.93. The Bertz CT molecular complexity index is 781. The van der Waals surface area contributed by atoms with Crippen LogP contribution in [0.5, 0.6) is 5.88 Å². The van der Waals surface area contributed by atoms with Crippen molar-refractivity contribution in [2.24, 2.45) is 4.99 Å². The third kappa shape index (κ3) is 1.85. The van der Waals surface area contributed by atoms with E-state index in [1.54, 1.807) is 18.5 Å². The van der Waals surface area contributed by atoms with Gasteiger partial charge >= 0.3 is 5.69 Å². The van der Waals surface area contributed by atoms with Gasteiger partial charge in [0.2, 0.25) is 5.88 Å². The number of aromatic nitrogens is 3. The molecule has 1 aliphatic heterocycles. The Balaban J connectivity index is 2.10. The predicted molar refractivity (Wildman–Crippen MR) is 77.4 cm³/mol. The summed E-state index contributed by atoms with van der Waals surface area (Å²) in [6.45, 7) is 3.67. The maximum Gasteiger partial charge on any atom is 0.329 e. The van der Waals surface area contributed by atoms with Gasteiger partial charge in [-0.05, 0) is 32.1 Å². The fourth-order valence-corrected chi connectivity index (χ4v) is 2.22. The Morgan fingerprint density at radius 1 is 1.45 bits per heavy atom. The molecule has 0 bridgehead atoms. The summed E-state index contributed by atoms with van der Waals surface area (Å²) in [4.78, 5) is 22.9. The smallest absolute Gasteiger partial charge is 0.329 e. The minimum Gasteiger partial charge on any atom is -0.493 e. The van der Waals surface area contributed by atoms with Crippen LogP contribution in [0.2, 0.25) is 0 Å². The van der Waals surface area contributed by atoms with Gasteiger partial charge in [-0.1, -0.05) is 0 Å². The molecule has 6 nitrogen and oxygen atoms in total. The summed E-state index contributed by atoms with van der Waals surface area (Å²) in [7, 11) is 0. The molecule has 3 rings (SSSR count). The second-order valence-electron chi connectivity index (χ2n) is 4.86. The van der Waals surface area contributed by atoms with E-state index in [9.17, 15) is 9.90 Å². The zero-order chi connectivity index (χ0) is 14.3. The molecular weight excluding hydrogens is 256 g/mol. The van der Waals surface area contributed by atoms with Crippen molar-refractivity contribution in [2.45, 2.75) is 19.9 Å². The molecule has 1 aliphatic rings. The monoisotopic (exact) mass is 270 g/mol. The van der Waals surface area contributed by atoms with Crippen molar-refractivity contribution in [2.75, 3.05) is 0 Å². The summed E-state index contributed by atoms with van der Waals surface area (Å²) in [5, 5.41) is 10.1. The van der Waals surface area contributed by atoms with E-state index in [0.717, 1.165) is 17.0 Å². The Hall–Kier alpha value is -2.63. The first-order valence-corrected chi connectivity index (χ1v) is 6.32. The lowest BCUT2D eigenvalue weighted by Gasteiger charge is -2.05. The lowest BCUT2D eigenvalue weighted by atomic mass is 10.1. The van der Waals surface area contributed by atoms with Crippen molar-refractivity contribution >= 4 is 23.6 Å². The quantitative estimate of drug-likeness (QED) is 0.876. The summed E-state index contributed by atoms with van der Waals surface area (Å²) in [6, 6.07) is 3.56. The number of aromatic hydroxyl groups is 1. The predicted octanol–water partition coefficient (Wildman–Crippen LogP) is 2.11. The summed E-state index contributed by atoms with van der Waals surface area (Å²) >= 11 is 0. The Morgan fingerprint density at radius 3 is 2.95 bits per heavy atom. The van der Waals surface area contributed by atoms with Crippen LogP contribution in [0, 0.1) is 0 Å². The summed E-state index contributed by atoms with van der Waals surface area (Å²) in [5.41, 5.74) is 2.31. The third-order valence-corrected chi connectivity index (χ3v) is 3.15. The van der Waals surface area contributed by atoms with E-state index in [4.69, 9.17) is 0 Å². The van der Waals surface area contributed by atoms with Crippen LogP contribution < -0.4 is 5.69 Å². The van der Waals surface area contributed by atoms with E-state index in [1.807, 2.05) is 26.0 Å². The molecule has 0 spiro atoms. The van der Waals surface area contributed by atoms with Gasteiger partial charge in [0.15, 0.2) is 0 Å². The molecule has 2 aromatic heterocycles. The van der Waals surface area contributed by atoms with Gasteiger partial charge in [-0.15, -0.1) is 0 Å². The number of allylic oxidation sites excluding steroid dienone is 1. The first-order valence-electron chi connectivity index (χ1n) is 6.32. The Kier molecular flexibility index (Phi) is 2.78. The molecule has 2 N–H and O–H groups in total. The number of rotatable bonds is 2. The minimum absolute atomic E-state index is 0.0738. The van der Waals surface area contributed by atoms with Crippen LogP contribution in [0.25, 0.3) is 11.6 Å². The summed E-state index contributed by atoms with van der Waals surface area (Å²) in [5.74, 6) is -0.0738. The van der Waals surface area contributed by atoms with Crippen LogP contribution >= 0.6 is 0 Å². The number of fused-ring (bicyclic) bond motifs is 1. The second kappa shape index (κ2) is 4.48.